The molecule has 1 amide bonds. The Morgan fingerprint density at radius 3 is 2.26 bits per heavy atom. The Morgan fingerprint density at radius 1 is 1.26 bits per heavy atom. The van der Waals surface area contributed by atoms with Gasteiger partial charge in [0.1, 0.15) is 0 Å². The van der Waals surface area contributed by atoms with Crippen LogP contribution in [0.25, 0.3) is 0 Å². The minimum Gasteiger partial charge on any atom is -0.469 e. The van der Waals surface area contributed by atoms with Crippen molar-refractivity contribution >= 4 is 17.6 Å². The standard InChI is InChI=1S/C15H20N2O6/c1-10(15(20)23-3)8-16(9-11(2)18)14(19)12-4-6-13(7-5-12)17(21)22/h4-7,10-11,18H,8-9H2,1-3H3. The van der Waals surface area contributed by atoms with Crippen molar-refractivity contribution in [3.05, 3.63) is 39.9 Å². The summed E-state index contributed by atoms with van der Waals surface area (Å²) in [6.45, 7) is 3.26. The van der Waals surface area contributed by atoms with Gasteiger partial charge in [0, 0.05) is 30.8 Å². The van der Waals surface area contributed by atoms with Crippen LogP contribution < -0.4 is 0 Å². The largest absolute Gasteiger partial charge is 0.469 e. The molecule has 23 heavy (non-hydrogen) atoms. The molecule has 0 aliphatic carbocycles. The van der Waals surface area contributed by atoms with Crippen molar-refractivity contribution in [2.24, 2.45) is 5.92 Å². The predicted octanol–water partition coefficient (Wildman–Crippen LogP) is 1.23. The normalized spacial score (nSPS) is 13.0. The first kappa shape index (κ1) is 18.6. The average molecular weight is 324 g/mol. The molecular weight excluding hydrogens is 304 g/mol. The van der Waals surface area contributed by atoms with E-state index in [0.29, 0.717) is 0 Å². The van der Waals surface area contributed by atoms with E-state index in [1.54, 1.807) is 6.92 Å². The zero-order chi connectivity index (χ0) is 17.6. The second kappa shape index (κ2) is 8.23. The van der Waals surface area contributed by atoms with Crippen LogP contribution >= 0.6 is 0 Å². The Balaban J connectivity index is 2.94. The van der Waals surface area contributed by atoms with Crippen LogP contribution in [0.4, 0.5) is 5.69 Å². The van der Waals surface area contributed by atoms with Crippen molar-refractivity contribution in [3.63, 3.8) is 0 Å². The van der Waals surface area contributed by atoms with Crippen molar-refractivity contribution in [3.8, 4) is 0 Å². The second-order valence-corrected chi connectivity index (χ2v) is 5.29. The van der Waals surface area contributed by atoms with Crippen LogP contribution in [0.3, 0.4) is 0 Å². The number of methoxy groups -OCH3 is 1. The fourth-order valence-corrected chi connectivity index (χ4v) is 2.07. The Morgan fingerprint density at radius 2 is 1.83 bits per heavy atom. The van der Waals surface area contributed by atoms with Crippen LogP contribution in [0.15, 0.2) is 24.3 Å². The lowest BCUT2D eigenvalue weighted by atomic mass is 10.1. The number of aliphatic hydroxyl groups is 1. The molecule has 0 aliphatic rings. The van der Waals surface area contributed by atoms with E-state index in [2.05, 4.69) is 4.74 Å². The molecule has 0 bridgehead atoms. The summed E-state index contributed by atoms with van der Waals surface area (Å²) in [5.41, 5.74) is 0.125. The van der Waals surface area contributed by atoms with Crippen molar-refractivity contribution in [1.82, 2.24) is 4.90 Å². The summed E-state index contributed by atoms with van der Waals surface area (Å²) in [5.74, 6) is -1.44. The van der Waals surface area contributed by atoms with E-state index < -0.39 is 28.8 Å². The van der Waals surface area contributed by atoms with E-state index in [0.717, 1.165) is 0 Å². The third-order valence-corrected chi connectivity index (χ3v) is 3.19. The zero-order valence-corrected chi connectivity index (χ0v) is 13.3. The first-order valence-corrected chi connectivity index (χ1v) is 7.05. The Kier molecular flexibility index (Phi) is 6.65. The molecule has 8 heteroatoms. The number of hydrogen-bond donors (Lipinski definition) is 1. The summed E-state index contributed by atoms with van der Waals surface area (Å²) in [6.07, 6.45) is -0.776. The SMILES string of the molecule is COC(=O)C(C)CN(CC(C)O)C(=O)c1ccc([N+](=O)[O-])cc1. The molecule has 2 unspecified atom stereocenters. The highest BCUT2D eigenvalue weighted by Gasteiger charge is 2.24. The summed E-state index contributed by atoms with van der Waals surface area (Å²) < 4.78 is 4.63. The fraction of sp³-hybridized carbons (Fsp3) is 0.467. The quantitative estimate of drug-likeness (QED) is 0.459. The minimum atomic E-state index is -0.776. The van der Waals surface area contributed by atoms with E-state index in [9.17, 15) is 24.8 Å². The number of nitrogens with zero attached hydrogens (tertiary/aromatic N) is 2. The molecule has 1 N–H and O–H groups in total. The summed E-state index contributed by atoms with van der Waals surface area (Å²) in [7, 11) is 1.26. The van der Waals surface area contributed by atoms with Crippen LogP contribution in [0.1, 0.15) is 24.2 Å². The van der Waals surface area contributed by atoms with E-state index in [4.69, 9.17) is 0 Å². The van der Waals surface area contributed by atoms with Gasteiger partial charge in [0.05, 0.1) is 24.1 Å². The molecule has 0 aliphatic heterocycles. The minimum absolute atomic E-state index is 0.0388. The number of benzene rings is 1. The smallest absolute Gasteiger partial charge is 0.310 e. The highest BCUT2D eigenvalue weighted by molar-refractivity contribution is 5.94. The number of hydrogen-bond acceptors (Lipinski definition) is 6. The maximum Gasteiger partial charge on any atom is 0.310 e. The lowest BCUT2D eigenvalue weighted by Gasteiger charge is -2.26. The molecule has 0 saturated carbocycles. The summed E-state index contributed by atoms with van der Waals surface area (Å²) in [6, 6.07) is 5.16. The number of esters is 1. The van der Waals surface area contributed by atoms with Crippen LogP contribution in [0, 0.1) is 16.0 Å². The monoisotopic (exact) mass is 324 g/mol. The van der Waals surface area contributed by atoms with Gasteiger partial charge in [0.2, 0.25) is 0 Å². The van der Waals surface area contributed by atoms with Gasteiger partial charge in [-0.2, -0.15) is 0 Å². The van der Waals surface area contributed by atoms with Gasteiger partial charge in [-0.15, -0.1) is 0 Å². The highest BCUT2D eigenvalue weighted by Crippen LogP contribution is 2.15. The topological polar surface area (TPSA) is 110 Å². The predicted molar refractivity (Wildman–Crippen MR) is 81.9 cm³/mol. The fourth-order valence-electron chi connectivity index (χ4n) is 2.07. The molecular formula is C15H20N2O6. The number of amides is 1. The molecule has 0 aromatic heterocycles. The lowest BCUT2D eigenvalue weighted by Crippen LogP contribution is -2.41. The van der Waals surface area contributed by atoms with E-state index >= 15 is 0 Å². The number of nitro benzene ring substituents is 1. The van der Waals surface area contributed by atoms with Gasteiger partial charge in [-0.05, 0) is 19.1 Å². The summed E-state index contributed by atoms with van der Waals surface area (Å²) in [4.78, 5) is 35.4. The second-order valence-electron chi connectivity index (χ2n) is 5.29. The maximum atomic E-state index is 12.5. The first-order chi connectivity index (χ1) is 10.8. The molecule has 0 saturated heterocycles. The van der Waals surface area contributed by atoms with Gasteiger partial charge in [-0.1, -0.05) is 6.92 Å². The number of carbonyl (C=O) groups excluding carboxylic acids is 2. The molecule has 0 spiro atoms. The lowest BCUT2D eigenvalue weighted by molar-refractivity contribution is -0.384. The highest BCUT2D eigenvalue weighted by atomic mass is 16.6. The number of rotatable bonds is 7. The summed E-state index contributed by atoms with van der Waals surface area (Å²) in [5, 5.41) is 20.2. The molecule has 126 valence electrons. The van der Waals surface area contributed by atoms with E-state index in [1.165, 1.54) is 43.2 Å². The van der Waals surface area contributed by atoms with Gasteiger partial charge in [-0.25, -0.2) is 0 Å². The third kappa shape index (κ3) is 5.33. The number of nitro groups is 1. The third-order valence-electron chi connectivity index (χ3n) is 3.19. The van der Waals surface area contributed by atoms with Crippen LogP contribution in [0.5, 0.6) is 0 Å². The van der Waals surface area contributed by atoms with Crippen LogP contribution in [0.2, 0.25) is 0 Å². The van der Waals surface area contributed by atoms with Gasteiger partial charge in [0.25, 0.3) is 11.6 Å². The molecule has 2 atom stereocenters. The van der Waals surface area contributed by atoms with Crippen LogP contribution in [-0.2, 0) is 9.53 Å². The van der Waals surface area contributed by atoms with Crippen molar-refractivity contribution in [2.45, 2.75) is 20.0 Å². The molecule has 1 rings (SSSR count). The Bertz CT molecular complexity index is 570. The molecule has 8 nitrogen and oxygen atoms in total. The Hall–Kier alpha value is -2.48. The average Bonchev–Trinajstić information content (AvgIpc) is 2.52. The summed E-state index contributed by atoms with van der Waals surface area (Å²) >= 11 is 0. The van der Waals surface area contributed by atoms with Gasteiger partial charge >= 0.3 is 5.97 Å². The molecule has 1 aromatic carbocycles. The zero-order valence-electron chi connectivity index (χ0n) is 13.3. The van der Waals surface area contributed by atoms with E-state index in [1.807, 2.05) is 0 Å². The maximum absolute atomic E-state index is 12.5. The number of non-ortho nitro benzene ring substituents is 1. The number of aliphatic hydroxyl groups excluding tert-OH is 1. The molecule has 0 radical (unpaired) electrons. The van der Waals surface area contributed by atoms with Crippen molar-refractivity contribution in [1.29, 1.82) is 0 Å². The van der Waals surface area contributed by atoms with Gasteiger partial charge in [0.15, 0.2) is 0 Å². The number of carbonyl (C=O) groups is 2. The molecule has 1 aromatic rings. The Labute approximate surface area is 133 Å². The van der Waals surface area contributed by atoms with Crippen molar-refractivity contribution < 1.29 is 24.4 Å². The van der Waals surface area contributed by atoms with E-state index in [-0.39, 0.29) is 24.3 Å². The van der Waals surface area contributed by atoms with Gasteiger partial charge in [-0.3, -0.25) is 19.7 Å². The molecule has 0 fully saturated rings. The van der Waals surface area contributed by atoms with Crippen molar-refractivity contribution in [2.75, 3.05) is 20.2 Å². The molecule has 0 heterocycles. The van der Waals surface area contributed by atoms with Gasteiger partial charge < -0.3 is 14.7 Å². The van der Waals surface area contributed by atoms with Crippen LogP contribution in [-0.4, -0.2) is 53.1 Å². The number of ether oxygens (including phenoxy) is 1. The first-order valence-electron chi connectivity index (χ1n) is 7.05.